The molecule has 1 unspecified atom stereocenters. The molecule has 0 spiro atoms. The van der Waals surface area contributed by atoms with Crippen molar-refractivity contribution in [3.8, 4) is 5.75 Å². The van der Waals surface area contributed by atoms with Crippen molar-refractivity contribution in [1.29, 1.82) is 0 Å². The molecule has 1 amide bonds. The van der Waals surface area contributed by atoms with Gasteiger partial charge in [0.15, 0.2) is 11.2 Å². The molecular formula is C17H23N3O2S. The van der Waals surface area contributed by atoms with E-state index in [9.17, 15) is 4.79 Å². The van der Waals surface area contributed by atoms with Crippen molar-refractivity contribution in [3.05, 3.63) is 36.4 Å². The van der Waals surface area contributed by atoms with Crippen molar-refractivity contribution in [2.45, 2.75) is 26.4 Å². The molecule has 2 rings (SSSR count). The summed E-state index contributed by atoms with van der Waals surface area (Å²) in [6.07, 6.45) is 0.304. The van der Waals surface area contributed by atoms with Gasteiger partial charge >= 0.3 is 0 Å². The van der Waals surface area contributed by atoms with Crippen molar-refractivity contribution in [2.75, 3.05) is 24.5 Å². The predicted molar refractivity (Wildman–Crippen MR) is 96.9 cm³/mol. The van der Waals surface area contributed by atoms with E-state index in [-0.39, 0.29) is 5.91 Å². The first-order chi connectivity index (χ1) is 11.0. The molecule has 6 heteroatoms. The summed E-state index contributed by atoms with van der Waals surface area (Å²) in [5.74, 6) is 0.545. The number of hydrogen-bond donors (Lipinski definition) is 2. The number of amides is 1. The van der Waals surface area contributed by atoms with E-state index in [4.69, 9.17) is 17.0 Å². The van der Waals surface area contributed by atoms with Gasteiger partial charge in [-0.3, -0.25) is 4.79 Å². The second kappa shape index (κ2) is 7.97. The van der Waals surface area contributed by atoms with Gasteiger partial charge in [0.05, 0.1) is 12.2 Å². The van der Waals surface area contributed by atoms with Gasteiger partial charge < -0.3 is 20.3 Å². The Labute approximate surface area is 142 Å². The SMILES string of the molecule is C=C(C)CNC(=S)N1CC(C(=O)NCCC)Oc2ccccc21. The first kappa shape index (κ1) is 17.3. The summed E-state index contributed by atoms with van der Waals surface area (Å²) in [5, 5.41) is 6.61. The van der Waals surface area contributed by atoms with E-state index in [0.717, 1.165) is 17.7 Å². The lowest BCUT2D eigenvalue weighted by molar-refractivity contribution is -0.127. The van der Waals surface area contributed by atoms with Gasteiger partial charge in [-0.15, -0.1) is 0 Å². The molecule has 1 aliphatic rings. The van der Waals surface area contributed by atoms with Gasteiger partial charge in [-0.05, 0) is 37.7 Å². The molecule has 124 valence electrons. The van der Waals surface area contributed by atoms with Gasteiger partial charge in [-0.1, -0.05) is 31.2 Å². The van der Waals surface area contributed by atoms with Crippen LogP contribution in [0.5, 0.6) is 5.75 Å². The smallest absolute Gasteiger partial charge is 0.262 e. The molecule has 1 heterocycles. The molecule has 1 aromatic carbocycles. The summed E-state index contributed by atoms with van der Waals surface area (Å²) in [6, 6.07) is 7.59. The van der Waals surface area contributed by atoms with Gasteiger partial charge in [-0.2, -0.15) is 0 Å². The van der Waals surface area contributed by atoms with Gasteiger partial charge in [-0.25, -0.2) is 0 Å². The third-order valence-corrected chi connectivity index (χ3v) is 3.77. The predicted octanol–water partition coefficient (Wildman–Crippen LogP) is 2.23. The van der Waals surface area contributed by atoms with Crippen molar-refractivity contribution >= 4 is 28.9 Å². The highest BCUT2D eigenvalue weighted by molar-refractivity contribution is 7.80. The number of nitrogens with one attached hydrogen (secondary N) is 2. The zero-order valence-electron chi connectivity index (χ0n) is 13.6. The highest BCUT2D eigenvalue weighted by Crippen LogP contribution is 2.33. The number of fused-ring (bicyclic) bond motifs is 1. The van der Waals surface area contributed by atoms with E-state index in [1.54, 1.807) is 0 Å². The van der Waals surface area contributed by atoms with Crippen LogP contribution in [-0.4, -0.2) is 36.8 Å². The molecule has 0 aromatic heterocycles. The molecule has 0 bridgehead atoms. The lowest BCUT2D eigenvalue weighted by atomic mass is 10.2. The molecule has 1 aromatic rings. The average Bonchev–Trinajstić information content (AvgIpc) is 2.56. The largest absolute Gasteiger partial charge is 0.477 e. The minimum atomic E-state index is -0.582. The third-order valence-electron chi connectivity index (χ3n) is 3.40. The monoisotopic (exact) mass is 333 g/mol. The Morgan fingerprint density at radius 1 is 1.43 bits per heavy atom. The normalized spacial score (nSPS) is 16.1. The van der Waals surface area contributed by atoms with E-state index in [1.165, 1.54) is 0 Å². The molecule has 0 saturated heterocycles. The maximum atomic E-state index is 12.3. The third kappa shape index (κ3) is 4.45. The zero-order valence-corrected chi connectivity index (χ0v) is 14.4. The van der Waals surface area contributed by atoms with Gasteiger partial charge in [0.25, 0.3) is 5.91 Å². The molecule has 0 aliphatic carbocycles. The van der Waals surface area contributed by atoms with Crippen LogP contribution >= 0.6 is 12.2 Å². The number of carbonyl (C=O) groups is 1. The van der Waals surface area contributed by atoms with Crippen LogP contribution in [0.25, 0.3) is 0 Å². The Bertz CT molecular complexity index is 603. The van der Waals surface area contributed by atoms with Crippen LogP contribution in [0.15, 0.2) is 36.4 Å². The first-order valence-electron chi connectivity index (χ1n) is 7.76. The lowest BCUT2D eigenvalue weighted by Crippen LogP contribution is -2.53. The Morgan fingerprint density at radius 3 is 2.87 bits per heavy atom. The highest BCUT2D eigenvalue weighted by atomic mass is 32.1. The number of para-hydroxylation sites is 2. The van der Waals surface area contributed by atoms with Gasteiger partial charge in [0, 0.05) is 13.1 Å². The van der Waals surface area contributed by atoms with Crippen LogP contribution in [0.2, 0.25) is 0 Å². The van der Waals surface area contributed by atoms with Crippen molar-refractivity contribution in [3.63, 3.8) is 0 Å². The molecule has 1 aliphatic heterocycles. The van der Waals surface area contributed by atoms with Crippen LogP contribution in [0.4, 0.5) is 5.69 Å². The molecule has 1 atom stereocenters. The molecule has 23 heavy (non-hydrogen) atoms. The fourth-order valence-electron chi connectivity index (χ4n) is 2.25. The Balaban J connectivity index is 2.17. The Kier molecular flexibility index (Phi) is 5.98. The topological polar surface area (TPSA) is 53.6 Å². The number of hydrogen-bond acceptors (Lipinski definition) is 3. The van der Waals surface area contributed by atoms with E-state index in [0.29, 0.717) is 30.5 Å². The van der Waals surface area contributed by atoms with Crippen LogP contribution in [-0.2, 0) is 4.79 Å². The van der Waals surface area contributed by atoms with Crippen LogP contribution in [0, 0.1) is 0 Å². The fraction of sp³-hybridized carbons (Fsp3) is 0.412. The Hall–Kier alpha value is -2.08. The maximum Gasteiger partial charge on any atom is 0.262 e. The quantitative estimate of drug-likeness (QED) is 0.639. The summed E-state index contributed by atoms with van der Waals surface area (Å²) >= 11 is 5.48. The summed E-state index contributed by atoms with van der Waals surface area (Å²) in [5.41, 5.74) is 1.86. The van der Waals surface area contributed by atoms with E-state index < -0.39 is 6.10 Å². The highest BCUT2D eigenvalue weighted by Gasteiger charge is 2.32. The zero-order chi connectivity index (χ0) is 16.8. The molecule has 2 N–H and O–H groups in total. The minimum absolute atomic E-state index is 0.117. The second-order valence-electron chi connectivity index (χ2n) is 5.59. The molecular weight excluding hydrogens is 310 g/mol. The summed E-state index contributed by atoms with van der Waals surface area (Å²) in [6.45, 7) is 9.44. The second-order valence-corrected chi connectivity index (χ2v) is 5.98. The van der Waals surface area contributed by atoms with Gasteiger partial charge in [0.1, 0.15) is 5.75 Å². The van der Waals surface area contributed by atoms with Gasteiger partial charge in [0.2, 0.25) is 0 Å². The molecule has 0 saturated carbocycles. The number of rotatable bonds is 5. The molecule has 0 radical (unpaired) electrons. The summed E-state index contributed by atoms with van der Waals surface area (Å²) < 4.78 is 5.84. The van der Waals surface area contributed by atoms with E-state index in [1.807, 2.05) is 43.0 Å². The molecule has 5 nitrogen and oxygen atoms in total. The first-order valence-corrected chi connectivity index (χ1v) is 8.17. The number of nitrogens with zero attached hydrogens (tertiary/aromatic N) is 1. The fourth-order valence-corrected chi connectivity index (χ4v) is 2.49. The Morgan fingerprint density at radius 2 is 2.17 bits per heavy atom. The van der Waals surface area contributed by atoms with Crippen LogP contribution in [0.1, 0.15) is 20.3 Å². The number of carbonyl (C=O) groups excluding carboxylic acids is 1. The van der Waals surface area contributed by atoms with Crippen LogP contribution < -0.4 is 20.3 Å². The molecule has 0 fully saturated rings. The number of benzene rings is 1. The number of thiocarbonyl (C=S) groups is 1. The average molecular weight is 333 g/mol. The van der Waals surface area contributed by atoms with Crippen LogP contribution in [0.3, 0.4) is 0 Å². The minimum Gasteiger partial charge on any atom is -0.477 e. The van der Waals surface area contributed by atoms with E-state index in [2.05, 4.69) is 17.2 Å². The summed E-state index contributed by atoms with van der Waals surface area (Å²) in [4.78, 5) is 14.2. The van der Waals surface area contributed by atoms with Crippen molar-refractivity contribution < 1.29 is 9.53 Å². The lowest BCUT2D eigenvalue weighted by Gasteiger charge is -2.35. The number of ether oxygens (including phenoxy) is 1. The standard InChI is InChI=1S/C17H23N3O2S/c1-4-9-18-16(21)15-11-20(17(23)19-10-12(2)3)13-7-5-6-8-14(13)22-15/h5-8,15H,2,4,9-11H2,1,3H3,(H,18,21)(H,19,23). The van der Waals surface area contributed by atoms with Crippen molar-refractivity contribution in [1.82, 2.24) is 10.6 Å². The maximum absolute atomic E-state index is 12.3. The van der Waals surface area contributed by atoms with E-state index >= 15 is 0 Å². The van der Waals surface area contributed by atoms with Crippen molar-refractivity contribution in [2.24, 2.45) is 0 Å². The number of anilines is 1. The summed E-state index contributed by atoms with van der Waals surface area (Å²) in [7, 11) is 0.